The fourth-order valence-electron chi connectivity index (χ4n) is 3.40. The normalized spacial score (nSPS) is 30.3. The van der Waals surface area contributed by atoms with Gasteiger partial charge < -0.3 is 34.3 Å². The summed E-state index contributed by atoms with van der Waals surface area (Å²) in [6.45, 7) is 1.90. The minimum atomic E-state index is -1.24. The van der Waals surface area contributed by atoms with Gasteiger partial charge in [0, 0.05) is 19.2 Å². The van der Waals surface area contributed by atoms with E-state index in [-0.39, 0.29) is 0 Å². The summed E-state index contributed by atoms with van der Waals surface area (Å²) in [5.74, 6) is -0.400. The van der Waals surface area contributed by atoms with Gasteiger partial charge in [0.25, 0.3) is 0 Å². The summed E-state index contributed by atoms with van der Waals surface area (Å²) in [6.07, 6.45) is -2.85. The molecule has 0 amide bonds. The molecular weight excluding hydrogens is 333 g/mol. The van der Waals surface area contributed by atoms with Gasteiger partial charge >= 0.3 is 0 Å². The summed E-state index contributed by atoms with van der Waals surface area (Å²) in [7, 11) is 0. The van der Waals surface area contributed by atoms with Crippen LogP contribution in [0.15, 0.2) is 18.5 Å². The SMILES string of the molecule is OC[C@H]1O[C@@H](n2cnc3cc(N4CCOCC4)c(F)cc32)C(O)C1O. The Morgan fingerprint density at radius 3 is 2.64 bits per heavy atom. The van der Waals surface area contributed by atoms with Gasteiger partial charge in [-0.3, -0.25) is 0 Å². The van der Waals surface area contributed by atoms with Gasteiger partial charge in [0.1, 0.15) is 24.1 Å². The molecule has 0 saturated carbocycles. The van der Waals surface area contributed by atoms with Crippen LogP contribution in [-0.2, 0) is 9.47 Å². The van der Waals surface area contributed by atoms with E-state index >= 15 is 0 Å². The number of aliphatic hydroxyl groups excluding tert-OH is 3. The molecule has 3 heterocycles. The molecule has 1 aromatic carbocycles. The third-order valence-corrected chi connectivity index (χ3v) is 4.79. The van der Waals surface area contributed by atoms with Gasteiger partial charge in [-0.25, -0.2) is 9.37 Å². The Morgan fingerprint density at radius 2 is 1.96 bits per heavy atom. The predicted octanol–water partition coefficient (Wildman–Crippen LogP) is -0.377. The lowest BCUT2D eigenvalue weighted by atomic mass is 10.1. The van der Waals surface area contributed by atoms with E-state index in [1.807, 2.05) is 4.90 Å². The largest absolute Gasteiger partial charge is 0.394 e. The summed E-state index contributed by atoms with van der Waals surface area (Å²) in [6, 6.07) is 3.01. The number of aromatic nitrogens is 2. The lowest BCUT2D eigenvalue weighted by Gasteiger charge is -2.29. The molecule has 136 valence electrons. The van der Waals surface area contributed by atoms with E-state index < -0.39 is 37.0 Å². The minimum absolute atomic E-state index is 0.400. The topological polar surface area (TPSA) is 100 Å². The quantitative estimate of drug-likeness (QED) is 0.692. The molecule has 4 atom stereocenters. The average molecular weight is 353 g/mol. The third-order valence-electron chi connectivity index (χ3n) is 4.79. The zero-order valence-corrected chi connectivity index (χ0v) is 13.5. The van der Waals surface area contributed by atoms with Gasteiger partial charge in [-0.2, -0.15) is 0 Å². The summed E-state index contributed by atoms with van der Waals surface area (Å²) in [5, 5.41) is 29.3. The molecule has 0 spiro atoms. The van der Waals surface area contributed by atoms with Crippen LogP contribution in [0.2, 0.25) is 0 Å². The van der Waals surface area contributed by atoms with Crippen molar-refractivity contribution in [2.75, 3.05) is 37.8 Å². The number of benzene rings is 1. The van der Waals surface area contributed by atoms with Gasteiger partial charge in [-0.15, -0.1) is 0 Å². The Kier molecular flexibility index (Phi) is 4.34. The Morgan fingerprint density at radius 1 is 1.20 bits per heavy atom. The fraction of sp³-hybridized carbons (Fsp3) is 0.562. The van der Waals surface area contributed by atoms with Crippen molar-refractivity contribution >= 4 is 16.7 Å². The van der Waals surface area contributed by atoms with Crippen molar-refractivity contribution in [3.05, 3.63) is 24.3 Å². The van der Waals surface area contributed by atoms with E-state index in [1.165, 1.54) is 17.0 Å². The third kappa shape index (κ3) is 2.77. The monoisotopic (exact) mass is 353 g/mol. The zero-order chi connectivity index (χ0) is 17.6. The van der Waals surface area contributed by atoms with Crippen molar-refractivity contribution < 1.29 is 29.2 Å². The van der Waals surface area contributed by atoms with Crippen molar-refractivity contribution in [3.63, 3.8) is 0 Å². The number of hydrogen-bond acceptors (Lipinski definition) is 7. The number of hydrogen-bond donors (Lipinski definition) is 3. The van der Waals surface area contributed by atoms with Gasteiger partial charge in [0.15, 0.2) is 6.23 Å². The second kappa shape index (κ2) is 6.50. The highest BCUT2D eigenvalue weighted by molar-refractivity contribution is 5.80. The number of ether oxygens (including phenoxy) is 2. The van der Waals surface area contributed by atoms with Gasteiger partial charge in [-0.05, 0) is 6.07 Å². The number of fused-ring (bicyclic) bond motifs is 1. The first kappa shape index (κ1) is 16.7. The molecule has 2 aliphatic heterocycles. The summed E-state index contributed by atoms with van der Waals surface area (Å²) in [5.41, 5.74) is 1.46. The average Bonchev–Trinajstić information content (AvgIpc) is 3.16. The van der Waals surface area contributed by atoms with E-state index in [9.17, 15) is 19.7 Å². The van der Waals surface area contributed by atoms with Crippen molar-refractivity contribution in [3.8, 4) is 0 Å². The molecule has 2 fully saturated rings. The van der Waals surface area contributed by atoms with Crippen LogP contribution in [0.5, 0.6) is 0 Å². The highest BCUT2D eigenvalue weighted by Crippen LogP contribution is 2.33. The molecule has 2 unspecified atom stereocenters. The van der Waals surface area contributed by atoms with Crippen LogP contribution in [0, 0.1) is 5.82 Å². The van der Waals surface area contributed by atoms with Crippen LogP contribution >= 0.6 is 0 Å². The fourth-order valence-corrected chi connectivity index (χ4v) is 3.40. The first-order chi connectivity index (χ1) is 12.1. The van der Waals surface area contributed by atoms with Crippen LogP contribution in [0.4, 0.5) is 10.1 Å². The van der Waals surface area contributed by atoms with Crippen molar-refractivity contribution in [2.45, 2.75) is 24.5 Å². The minimum Gasteiger partial charge on any atom is -0.394 e. The standard InChI is InChI=1S/C16H20FN3O5/c17-9-5-12-10(6-11(9)19-1-3-24-4-2-19)18-8-20(12)16-15(23)14(22)13(7-21)25-16/h5-6,8,13-16,21-23H,1-4,7H2/t13-,14?,15?,16-/m1/s1. The molecule has 2 saturated heterocycles. The maximum Gasteiger partial charge on any atom is 0.164 e. The molecular formula is C16H20FN3O5. The van der Waals surface area contributed by atoms with Gasteiger partial charge in [0.05, 0.1) is 42.9 Å². The maximum absolute atomic E-state index is 14.6. The highest BCUT2D eigenvalue weighted by atomic mass is 19.1. The van der Waals surface area contributed by atoms with Crippen LogP contribution in [0.1, 0.15) is 6.23 Å². The molecule has 8 nitrogen and oxygen atoms in total. The summed E-state index contributed by atoms with van der Waals surface area (Å²) in [4.78, 5) is 6.18. The number of imidazole rings is 1. The molecule has 3 N–H and O–H groups in total. The molecule has 0 bridgehead atoms. The Balaban J connectivity index is 1.69. The Hall–Kier alpha value is -1.78. The van der Waals surface area contributed by atoms with Crippen molar-refractivity contribution in [1.82, 2.24) is 9.55 Å². The second-order valence-corrected chi connectivity index (χ2v) is 6.27. The van der Waals surface area contributed by atoms with Gasteiger partial charge in [-0.1, -0.05) is 0 Å². The lowest BCUT2D eigenvalue weighted by Crippen LogP contribution is -2.36. The first-order valence-corrected chi connectivity index (χ1v) is 8.21. The Labute approximate surface area is 143 Å². The zero-order valence-electron chi connectivity index (χ0n) is 13.5. The summed E-state index contributed by atoms with van der Waals surface area (Å²) >= 11 is 0. The predicted molar refractivity (Wildman–Crippen MR) is 85.7 cm³/mol. The number of morpholine rings is 1. The highest BCUT2D eigenvalue weighted by Gasteiger charge is 2.43. The van der Waals surface area contributed by atoms with E-state index in [0.717, 1.165) is 0 Å². The second-order valence-electron chi connectivity index (χ2n) is 6.27. The number of nitrogens with zero attached hydrogens (tertiary/aromatic N) is 3. The molecule has 0 aliphatic carbocycles. The van der Waals surface area contributed by atoms with E-state index in [0.29, 0.717) is 43.0 Å². The molecule has 25 heavy (non-hydrogen) atoms. The lowest BCUT2D eigenvalue weighted by molar-refractivity contribution is -0.0508. The van der Waals surface area contributed by atoms with Gasteiger partial charge in [0.2, 0.25) is 0 Å². The smallest absolute Gasteiger partial charge is 0.164 e. The molecule has 2 aliphatic rings. The maximum atomic E-state index is 14.6. The molecule has 2 aromatic rings. The van der Waals surface area contributed by atoms with Crippen LogP contribution in [0.25, 0.3) is 11.0 Å². The van der Waals surface area contributed by atoms with Crippen LogP contribution in [0.3, 0.4) is 0 Å². The molecule has 1 aromatic heterocycles. The van der Waals surface area contributed by atoms with Crippen LogP contribution < -0.4 is 4.90 Å². The molecule has 0 radical (unpaired) electrons. The van der Waals surface area contributed by atoms with Crippen LogP contribution in [-0.4, -0.2) is 76.1 Å². The number of rotatable bonds is 3. The van der Waals surface area contributed by atoms with E-state index in [2.05, 4.69) is 4.98 Å². The number of anilines is 1. The molecule has 9 heteroatoms. The van der Waals surface area contributed by atoms with E-state index in [1.54, 1.807) is 6.07 Å². The molecule has 4 rings (SSSR count). The first-order valence-electron chi connectivity index (χ1n) is 8.21. The van der Waals surface area contributed by atoms with E-state index in [4.69, 9.17) is 9.47 Å². The number of halogens is 1. The van der Waals surface area contributed by atoms with Crippen molar-refractivity contribution in [1.29, 1.82) is 0 Å². The summed E-state index contributed by atoms with van der Waals surface area (Å²) < 4.78 is 26.9. The number of aliphatic hydroxyl groups is 3. The van der Waals surface area contributed by atoms with Crippen molar-refractivity contribution in [2.24, 2.45) is 0 Å². The Bertz CT molecular complexity index is 764.